The summed E-state index contributed by atoms with van der Waals surface area (Å²) in [4.78, 5) is 22.7. The van der Waals surface area contributed by atoms with Crippen LogP contribution in [-0.4, -0.2) is 40.8 Å². The molecule has 0 atom stereocenters. The zero-order valence-electron chi connectivity index (χ0n) is 16.6. The molecule has 0 saturated carbocycles. The largest absolute Gasteiger partial charge is 0.378 e. The first-order chi connectivity index (χ1) is 15.1. The van der Waals surface area contributed by atoms with Crippen LogP contribution in [0.15, 0.2) is 59.8 Å². The van der Waals surface area contributed by atoms with Crippen molar-refractivity contribution in [1.82, 2.24) is 14.5 Å². The van der Waals surface area contributed by atoms with Crippen molar-refractivity contribution in [3.05, 3.63) is 81.7 Å². The second-order valence-electron chi connectivity index (χ2n) is 7.51. The van der Waals surface area contributed by atoms with Crippen LogP contribution in [0.1, 0.15) is 5.56 Å². The van der Waals surface area contributed by atoms with Gasteiger partial charge in [-0.3, -0.25) is 4.79 Å². The molecule has 3 aromatic heterocycles. The lowest BCUT2D eigenvalue weighted by Crippen LogP contribution is -2.36. The third-order valence-electron chi connectivity index (χ3n) is 5.55. The average molecular weight is 439 g/mol. The van der Waals surface area contributed by atoms with Gasteiger partial charge in [-0.25, -0.2) is 9.37 Å². The molecule has 4 aromatic rings. The molecule has 0 spiro atoms. The van der Waals surface area contributed by atoms with E-state index < -0.39 is 5.82 Å². The van der Waals surface area contributed by atoms with Crippen molar-refractivity contribution in [2.24, 2.45) is 0 Å². The first-order valence-corrected chi connectivity index (χ1v) is 10.4. The molecule has 31 heavy (non-hydrogen) atoms. The minimum atomic E-state index is -0.390. The number of rotatable bonds is 4. The topological polar surface area (TPSA) is 63.1 Å². The van der Waals surface area contributed by atoms with Gasteiger partial charge in [0.15, 0.2) is 0 Å². The second-order valence-corrected chi connectivity index (χ2v) is 7.95. The summed E-state index contributed by atoms with van der Waals surface area (Å²) in [6.07, 6.45) is 5.39. The summed E-state index contributed by atoms with van der Waals surface area (Å²) in [5.74, 6) is -0.390. The van der Waals surface area contributed by atoms with Gasteiger partial charge in [-0.05, 0) is 35.9 Å². The van der Waals surface area contributed by atoms with Crippen molar-refractivity contribution < 1.29 is 9.13 Å². The minimum absolute atomic E-state index is 0.113. The number of aromatic amines is 1. The number of fused-ring (bicyclic) bond motifs is 1. The fraction of sp³-hybridized carbons (Fsp3) is 0.217. The van der Waals surface area contributed by atoms with Crippen LogP contribution in [-0.2, 0) is 11.3 Å². The molecule has 1 aliphatic rings. The lowest BCUT2D eigenvalue weighted by Gasteiger charge is -2.28. The number of nitrogens with zero attached hydrogens (tertiary/aromatic N) is 3. The fourth-order valence-corrected chi connectivity index (χ4v) is 4.07. The Balaban J connectivity index is 1.48. The third kappa shape index (κ3) is 3.94. The molecule has 1 aromatic carbocycles. The maximum absolute atomic E-state index is 14.1. The number of hydrogen-bond donors (Lipinski definition) is 1. The number of halogens is 2. The summed E-state index contributed by atoms with van der Waals surface area (Å²) in [5, 5.41) is 1.38. The number of nitrogens with one attached hydrogen (secondary N) is 1. The predicted molar refractivity (Wildman–Crippen MR) is 119 cm³/mol. The van der Waals surface area contributed by atoms with E-state index in [9.17, 15) is 9.18 Å². The van der Waals surface area contributed by atoms with Gasteiger partial charge in [-0.2, -0.15) is 0 Å². The Morgan fingerprint density at radius 2 is 2.00 bits per heavy atom. The van der Waals surface area contributed by atoms with Gasteiger partial charge in [0.1, 0.15) is 11.5 Å². The van der Waals surface area contributed by atoms with E-state index in [1.807, 2.05) is 18.5 Å². The Morgan fingerprint density at radius 1 is 1.16 bits per heavy atom. The number of anilines is 1. The standard InChI is InChI=1S/C23H20ClFN4O2/c24-17-1-2-21(25)16(9-17)14-29-4-3-15(10-22(29)30)20-13-27-23-19(20)11-18(12-26-23)28-5-7-31-8-6-28/h1-4,9-13H,5-8,14H2,(H,26,27). The van der Waals surface area contributed by atoms with E-state index >= 15 is 0 Å². The van der Waals surface area contributed by atoms with Crippen molar-refractivity contribution >= 4 is 28.3 Å². The predicted octanol–water partition coefficient (Wildman–Crippen LogP) is 4.07. The highest BCUT2D eigenvalue weighted by Crippen LogP contribution is 2.30. The van der Waals surface area contributed by atoms with Crippen LogP contribution in [0, 0.1) is 5.82 Å². The summed E-state index contributed by atoms with van der Waals surface area (Å²) in [6, 6.07) is 9.84. The SMILES string of the molecule is O=c1cc(-c2c[nH]c3ncc(N4CCOCC4)cc23)ccn1Cc1cc(Cl)ccc1F. The van der Waals surface area contributed by atoms with E-state index in [-0.39, 0.29) is 12.1 Å². The normalized spacial score (nSPS) is 14.3. The van der Waals surface area contributed by atoms with Crippen molar-refractivity contribution in [1.29, 1.82) is 0 Å². The first-order valence-electron chi connectivity index (χ1n) is 10.0. The molecule has 1 N–H and O–H groups in total. The summed E-state index contributed by atoms with van der Waals surface area (Å²) < 4.78 is 21.0. The lowest BCUT2D eigenvalue weighted by molar-refractivity contribution is 0.122. The van der Waals surface area contributed by atoms with Gasteiger partial charge in [0.2, 0.25) is 0 Å². The summed E-state index contributed by atoms with van der Waals surface area (Å²) >= 11 is 5.97. The van der Waals surface area contributed by atoms with Gasteiger partial charge in [-0.1, -0.05) is 11.6 Å². The van der Waals surface area contributed by atoms with Crippen molar-refractivity contribution in [2.45, 2.75) is 6.54 Å². The Hall–Kier alpha value is -3.16. The third-order valence-corrected chi connectivity index (χ3v) is 5.78. The number of pyridine rings is 2. The zero-order valence-corrected chi connectivity index (χ0v) is 17.4. The quantitative estimate of drug-likeness (QED) is 0.521. The van der Waals surface area contributed by atoms with E-state index in [2.05, 4.69) is 20.9 Å². The molecule has 0 amide bonds. The lowest BCUT2D eigenvalue weighted by atomic mass is 10.1. The molecule has 4 heterocycles. The summed E-state index contributed by atoms with van der Waals surface area (Å²) in [7, 11) is 0. The number of H-pyrrole nitrogens is 1. The van der Waals surface area contributed by atoms with Gasteiger partial charge < -0.3 is 19.2 Å². The Kier molecular flexibility index (Phi) is 5.21. The highest BCUT2D eigenvalue weighted by molar-refractivity contribution is 6.30. The molecular weight excluding hydrogens is 419 g/mol. The Bertz CT molecular complexity index is 1310. The van der Waals surface area contributed by atoms with Crippen LogP contribution < -0.4 is 10.5 Å². The molecule has 0 aliphatic carbocycles. The smallest absolute Gasteiger partial charge is 0.251 e. The number of aromatic nitrogens is 3. The molecule has 0 bridgehead atoms. The van der Waals surface area contributed by atoms with E-state index in [1.54, 1.807) is 12.3 Å². The molecule has 5 rings (SSSR count). The molecule has 6 nitrogen and oxygen atoms in total. The molecule has 8 heteroatoms. The number of morpholine rings is 1. The van der Waals surface area contributed by atoms with Gasteiger partial charge in [-0.15, -0.1) is 0 Å². The van der Waals surface area contributed by atoms with Gasteiger partial charge in [0, 0.05) is 53.1 Å². The van der Waals surface area contributed by atoms with Gasteiger partial charge >= 0.3 is 0 Å². The Labute approximate surface area is 182 Å². The maximum Gasteiger partial charge on any atom is 0.251 e. The first kappa shape index (κ1) is 19.8. The molecular formula is C23H20ClFN4O2. The summed E-state index contributed by atoms with van der Waals surface area (Å²) in [6.45, 7) is 3.15. The van der Waals surface area contributed by atoms with Crippen molar-refractivity contribution in [2.75, 3.05) is 31.2 Å². The van der Waals surface area contributed by atoms with Gasteiger partial charge in [0.05, 0.1) is 31.6 Å². The molecule has 158 valence electrons. The fourth-order valence-electron chi connectivity index (χ4n) is 3.88. The van der Waals surface area contributed by atoms with Gasteiger partial charge in [0.25, 0.3) is 5.56 Å². The van der Waals surface area contributed by atoms with Crippen LogP contribution in [0.25, 0.3) is 22.2 Å². The maximum atomic E-state index is 14.1. The molecule has 0 radical (unpaired) electrons. The van der Waals surface area contributed by atoms with Crippen molar-refractivity contribution in [3.63, 3.8) is 0 Å². The zero-order chi connectivity index (χ0) is 21.4. The van der Waals surface area contributed by atoms with E-state index in [4.69, 9.17) is 16.3 Å². The van der Waals surface area contributed by atoms with Crippen LogP contribution in [0.4, 0.5) is 10.1 Å². The second kappa shape index (κ2) is 8.17. The van der Waals surface area contributed by atoms with Crippen molar-refractivity contribution in [3.8, 4) is 11.1 Å². The van der Waals surface area contributed by atoms with Crippen LogP contribution in [0.5, 0.6) is 0 Å². The average Bonchev–Trinajstić information content (AvgIpc) is 3.21. The highest BCUT2D eigenvalue weighted by atomic mass is 35.5. The minimum Gasteiger partial charge on any atom is -0.378 e. The van der Waals surface area contributed by atoms with Crippen LogP contribution in [0.2, 0.25) is 5.02 Å². The van der Waals surface area contributed by atoms with E-state index in [0.717, 1.165) is 40.9 Å². The van der Waals surface area contributed by atoms with E-state index in [0.29, 0.717) is 23.8 Å². The van der Waals surface area contributed by atoms with Crippen LogP contribution in [0.3, 0.4) is 0 Å². The molecule has 1 fully saturated rings. The highest BCUT2D eigenvalue weighted by Gasteiger charge is 2.15. The van der Waals surface area contributed by atoms with Crippen LogP contribution >= 0.6 is 11.6 Å². The molecule has 1 aliphatic heterocycles. The number of ether oxygens (including phenoxy) is 1. The van der Waals surface area contributed by atoms with E-state index in [1.165, 1.54) is 22.8 Å². The number of benzene rings is 1. The molecule has 0 unspecified atom stereocenters. The molecule has 1 saturated heterocycles. The summed E-state index contributed by atoms with van der Waals surface area (Å²) in [5.41, 5.74) is 3.62. The number of hydrogen-bond acceptors (Lipinski definition) is 4. The Morgan fingerprint density at radius 3 is 2.81 bits per heavy atom. The monoisotopic (exact) mass is 438 g/mol.